The maximum Gasteiger partial charge on any atom is 0.329 e. The molecule has 1 aliphatic rings. The van der Waals surface area contributed by atoms with Crippen molar-refractivity contribution in [2.75, 3.05) is 5.32 Å². The summed E-state index contributed by atoms with van der Waals surface area (Å²) in [6.45, 7) is 5.30. The lowest BCUT2D eigenvalue weighted by molar-refractivity contribution is -0.154. The molecule has 7 nitrogen and oxygen atoms in total. The first-order valence-corrected chi connectivity index (χ1v) is 11.8. The summed E-state index contributed by atoms with van der Waals surface area (Å²) >= 11 is 1.18. The Morgan fingerprint density at radius 1 is 1.19 bits per heavy atom. The molecule has 0 unspecified atom stereocenters. The zero-order chi connectivity index (χ0) is 22.8. The monoisotopic (exact) mass is 453 g/mol. The van der Waals surface area contributed by atoms with Gasteiger partial charge in [-0.3, -0.25) is 14.2 Å². The van der Waals surface area contributed by atoms with E-state index in [2.05, 4.69) is 10.3 Å². The minimum atomic E-state index is -0.787. The summed E-state index contributed by atoms with van der Waals surface area (Å²) in [5.74, 6) is -0.707. The Kier molecular flexibility index (Phi) is 6.41. The van der Waals surface area contributed by atoms with Gasteiger partial charge in [-0.05, 0) is 63.6 Å². The molecule has 3 aromatic rings. The number of nitrogens with zero attached hydrogens (tertiary/aromatic N) is 2. The fraction of sp³-hybridized carbons (Fsp3) is 0.417. The highest BCUT2D eigenvalue weighted by Crippen LogP contribution is 2.29. The van der Waals surface area contributed by atoms with Crippen LogP contribution in [0.1, 0.15) is 65.9 Å². The Morgan fingerprint density at radius 2 is 1.91 bits per heavy atom. The zero-order valence-electron chi connectivity index (χ0n) is 18.5. The van der Waals surface area contributed by atoms with Gasteiger partial charge in [-0.2, -0.15) is 0 Å². The molecule has 168 valence electrons. The molecule has 1 saturated carbocycles. The minimum absolute atomic E-state index is 0.0780. The fourth-order valence-electron chi connectivity index (χ4n) is 4.08. The van der Waals surface area contributed by atoms with Gasteiger partial charge in [-0.25, -0.2) is 9.78 Å². The third-order valence-corrected chi connectivity index (χ3v) is 7.27. The van der Waals surface area contributed by atoms with Crippen molar-refractivity contribution in [1.82, 2.24) is 9.55 Å². The quantitative estimate of drug-likeness (QED) is 0.562. The highest BCUT2D eigenvalue weighted by atomic mass is 32.1. The smallest absolute Gasteiger partial charge is 0.329 e. The van der Waals surface area contributed by atoms with Gasteiger partial charge in [-0.15, -0.1) is 11.3 Å². The number of fused-ring (bicyclic) bond motifs is 1. The molecular formula is C24H27N3O4S. The topological polar surface area (TPSA) is 90.3 Å². The lowest BCUT2D eigenvalue weighted by Gasteiger charge is -2.24. The summed E-state index contributed by atoms with van der Waals surface area (Å²) < 4.78 is 6.94. The predicted molar refractivity (Wildman–Crippen MR) is 125 cm³/mol. The Balaban J connectivity index is 1.60. The normalized spacial score (nSPS) is 15.5. The van der Waals surface area contributed by atoms with Crippen molar-refractivity contribution in [2.45, 2.75) is 65.0 Å². The number of benzene rings is 1. The first-order valence-electron chi connectivity index (χ1n) is 10.9. The van der Waals surface area contributed by atoms with E-state index >= 15 is 0 Å². The molecule has 0 spiro atoms. The molecule has 2 aromatic heterocycles. The number of thiophene rings is 1. The summed E-state index contributed by atoms with van der Waals surface area (Å²) in [5, 5.41) is 3.28. The molecule has 8 heteroatoms. The molecule has 4 rings (SSSR count). The molecule has 0 saturated heterocycles. The molecular weight excluding hydrogens is 426 g/mol. The number of hydrogen-bond donors (Lipinski definition) is 1. The highest BCUT2D eigenvalue weighted by molar-refractivity contribution is 7.20. The number of para-hydroxylation sites is 1. The lowest BCUT2D eigenvalue weighted by atomic mass is 9.98. The second kappa shape index (κ2) is 9.24. The van der Waals surface area contributed by atoms with E-state index in [4.69, 9.17) is 4.74 Å². The third-order valence-electron chi connectivity index (χ3n) is 6.07. The molecule has 0 bridgehead atoms. The van der Waals surface area contributed by atoms with E-state index in [-0.39, 0.29) is 17.6 Å². The van der Waals surface area contributed by atoms with E-state index in [1.54, 1.807) is 13.8 Å². The molecule has 1 N–H and O–H groups in total. The molecule has 1 amide bonds. The van der Waals surface area contributed by atoms with Gasteiger partial charge in [0.15, 0.2) is 0 Å². The van der Waals surface area contributed by atoms with Gasteiger partial charge in [-0.1, -0.05) is 24.6 Å². The number of hydrogen-bond acceptors (Lipinski definition) is 6. The van der Waals surface area contributed by atoms with Crippen LogP contribution in [0, 0.1) is 13.8 Å². The van der Waals surface area contributed by atoms with Crippen molar-refractivity contribution < 1.29 is 14.3 Å². The third kappa shape index (κ3) is 4.32. The van der Waals surface area contributed by atoms with Crippen LogP contribution in [0.4, 0.5) is 5.69 Å². The van der Waals surface area contributed by atoms with Crippen LogP contribution in [0.25, 0.3) is 10.2 Å². The number of carbonyl (C=O) groups excluding carboxylic acids is 2. The standard InChI is InChI=1S/C24H27N3O4S/c1-14-9-7-8-12-18(14)26-21(28)20-15(2)19-22(32-20)25-13-27(23(19)29)16(3)24(30)31-17-10-5-4-6-11-17/h7-9,12-13,16-17H,4-6,10-11H2,1-3H3,(H,26,28)/t16-/m0/s1. The molecule has 1 atom stereocenters. The number of aryl methyl sites for hydroxylation is 2. The number of ether oxygens (including phenoxy) is 1. The number of amides is 1. The van der Waals surface area contributed by atoms with E-state index in [9.17, 15) is 14.4 Å². The summed E-state index contributed by atoms with van der Waals surface area (Å²) in [7, 11) is 0. The van der Waals surface area contributed by atoms with Crippen molar-refractivity contribution in [2.24, 2.45) is 0 Å². The average Bonchev–Trinajstić information content (AvgIpc) is 3.13. The zero-order valence-corrected chi connectivity index (χ0v) is 19.3. The van der Waals surface area contributed by atoms with Crippen LogP contribution in [0.5, 0.6) is 0 Å². The second-order valence-corrected chi connectivity index (χ2v) is 9.33. The van der Waals surface area contributed by atoms with Crippen LogP contribution in [-0.2, 0) is 9.53 Å². The molecule has 1 fully saturated rings. The summed E-state index contributed by atoms with van der Waals surface area (Å²) in [5.41, 5.74) is 1.90. The Labute approximate surface area is 190 Å². The van der Waals surface area contributed by atoms with E-state index in [1.165, 1.54) is 28.7 Å². The van der Waals surface area contributed by atoms with Crippen molar-refractivity contribution in [3.05, 3.63) is 57.0 Å². The molecule has 32 heavy (non-hydrogen) atoms. The van der Waals surface area contributed by atoms with Gasteiger partial charge in [0.05, 0.1) is 16.6 Å². The van der Waals surface area contributed by atoms with Gasteiger partial charge >= 0.3 is 5.97 Å². The van der Waals surface area contributed by atoms with Crippen LogP contribution in [-0.4, -0.2) is 27.5 Å². The molecule has 2 heterocycles. The highest BCUT2D eigenvalue weighted by Gasteiger charge is 2.26. The number of nitrogens with one attached hydrogen (secondary N) is 1. The number of anilines is 1. The first kappa shape index (κ1) is 22.2. The largest absolute Gasteiger partial charge is 0.461 e. The molecule has 1 aromatic carbocycles. The Hall–Kier alpha value is -3.00. The van der Waals surface area contributed by atoms with E-state index in [1.807, 2.05) is 31.2 Å². The molecule has 0 aliphatic heterocycles. The van der Waals surface area contributed by atoms with Crippen molar-refractivity contribution >= 4 is 39.1 Å². The fourth-order valence-corrected chi connectivity index (χ4v) is 5.12. The lowest BCUT2D eigenvalue weighted by Crippen LogP contribution is -2.32. The average molecular weight is 454 g/mol. The molecule has 1 aliphatic carbocycles. The SMILES string of the molecule is Cc1ccccc1NC(=O)c1sc2ncn([C@@H](C)C(=O)OC3CCCCC3)c(=O)c2c1C. The number of rotatable bonds is 5. The van der Waals surface area contributed by atoms with Crippen molar-refractivity contribution in [1.29, 1.82) is 0 Å². The maximum absolute atomic E-state index is 13.2. The van der Waals surface area contributed by atoms with Crippen molar-refractivity contribution in [3.8, 4) is 0 Å². The van der Waals surface area contributed by atoms with Gasteiger partial charge < -0.3 is 10.1 Å². The van der Waals surface area contributed by atoms with Gasteiger partial charge in [0, 0.05) is 5.69 Å². The van der Waals surface area contributed by atoms with E-state index in [0.29, 0.717) is 20.7 Å². The predicted octanol–water partition coefficient (Wildman–Crippen LogP) is 4.76. The Bertz CT molecular complexity index is 1220. The Morgan fingerprint density at radius 3 is 2.62 bits per heavy atom. The van der Waals surface area contributed by atoms with Crippen LogP contribution in [0.3, 0.4) is 0 Å². The summed E-state index contributed by atoms with van der Waals surface area (Å²) in [6.07, 6.45) is 6.31. The van der Waals surface area contributed by atoms with Gasteiger partial charge in [0.1, 0.15) is 17.0 Å². The minimum Gasteiger partial charge on any atom is -0.461 e. The maximum atomic E-state index is 13.2. The van der Waals surface area contributed by atoms with Crippen LogP contribution in [0.15, 0.2) is 35.4 Å². The summed E-state index contributed by atoms with van der Waals surface area (Å²) in [6, 6.07) is 6.73. The second-order valence-electron chi connectivity index (χ2n) is 8.34. The van der Waals surface area contributed by atoms with Gasteiger partial charge in [0.25, 0.3) is 11.5 Å². The van der Waals surface area contributed by atoms with Crippen LogP contribution >= 0.6 is 11.3 Å². The van der Waals surface area contributed by atoms with Gasteiger partial charge in [0.2, 0.25) is 0 Å². The van der Waals surface area contributed by atoms with Crippen LogP contribution < -0.4 is 10.9 Å². The van der Waals surface area contributed by atoms with Crippen molar-refractivity contribution in [3.63, 3.8) is 0 Å². The van der Waals surface area contributed by atoms with E-state index < -0.39 is 12.0 Å². The number of aromatic nitrogens is 2. The molecule has 0 radical (unpaired) electrons. The first-order chi connectivity index (χ1) is 15.4. The number of carbonyl (C=O) groups is 2. The number of esters is 1. The summed E-state index contributed by atoms with van der Waals surface area (Å²) in [4.78, 5) is 44.1. The van der Waals surface area contributed by atoms with E-state index in [0.717, 1.165) is 36.9 Å². The van der Waals surface area contributed by atoms with Crippen LogP contribution in [0.2, 0.25) is 0 Å².